The topological polar surface area (TPSA) is 34.1 Å². The SMILES string of the molecule is CCC(=O)C(C)=O.P. The van der Waals surface area contributed by atoms with Crippen molar-refractivity contribution in [1.29, 1.82) is 0 Å². The Labute approximate surface area is 52.3 Å². The molecule has 2 nitrogen and oxygen atoms in total. The zero-order valence-corrected chi connectivity index (χ0v) is 6.64. The molecule has 0 aromatic rings. The van der Waals surface area contributed by atoms with Gasteiger partial charge < -0.3 is 0 Å². The smallest absolute Gasteiger partial charge is 0.197 e. The highest BCUT2D eigenvalue weighted by atomic mass is 31.0. The second-order valence-corrected chi connectivity index (χ2v) is 1.33. The van der Waals surface area contributed by atoms with E-state index in [4.69, 9.17) is 0 Å². The molecule has 1 atom stereocenters. The zero-order chi connectivity index (χ0) is 5.86. The van der Waals surface area contributed by atoms with Crippen LogP contribution in [0.3, 0.4) is 0 Å². The number of hydrogen-bond donors (Lipinski definition) is 0. The zero-order valence-electron chi connectivity index (χ0n) is 5.23. The Balaban J connectivity index is 0. The lowest BCUT2D eigenvalue weighted by Crippen LogP contribution is -2.06. The predicted octanol–water partition coefficient (Wildman–Crippen LogP) is 0.613. The average Bonchev–Trinajstić information content (AvgIpc) is 1.65. The molecule has 0 heterocycles. The lowest BCUT2D eigenvalue weighted by atomic mass is 10.2. The lowest BCUT2D eigenvalue weighted by Gasteiger charge is -1.81. The molecule has 0 aliphatic heterocycles. The highest BCUT2D eigenvalue weighted by molar-refractivity contribution is 6.92. The maximum atomic E-state index is 10.2. The van der Waals surface area contributed by atoms with E-state index in [1.165, 1.54) is 6.92 Å². The summed E-state index contributed by atoms with van der Waals surface area (Å²) in [6.07, 6.45) is 0.329. The van der Waals surface area contributed by atoms with E-state index in [9.17, 15) is 9.59 Å². The van der Waals surface area contributed by atoms with E-state index in [1.54, 1.807) is 6.92 Å². The van der Waals surface area contributed by atoms with Crippen LogP contribution in [0.1, 0.15) is 20.3 Å². The highest BCUT2D eigenvalue weighted by Gasteiger charge is 2.00. The van der Waals surface area contributed by atoms with Crippen molar-refractivity contribution in [2.45, 2.75) is 20.3 Å². The Morgan fingerprint density at radius 2 is 1.75 bits per heavy atom. The van der Waals surface area contributed by atoms with Gasteiger partial charge in [0.2, 0.25) is 0 Å². The minimum absolute atomic E-state index is 0. The van der Waals surface area contributed by atoms with Gasteiger partial charge in [-0.1, -0.05) is 6.92 Å². The van der Waals surface area contributed by atoms with Gasteiger partial charge in [0, 0.05) is 13.3 Å². The number of hydrogen-bond acceptors (Lipinski definition) is 2. The molecule has 3 heteroatoms. The predicted molar refractivity (Wildman–Crippen MR) is 37.1 cm³/mol. The van der Waals surface area contributed by atoms with Crippen molar-refractivity contribution in [2.24, 2.45) is 0 Å². The fourth-order valence-electron chi connectivity index (χ4n) is 0.249. The van der Waals surface area contributed by atoms with E-state index >= 15 is 0 Å². The van der Waals surface area contributed by atoms with Crippen molar-refractivity contribution in [1.82, 2.24) is 0 Å². The molecule has 0 saturated heterocycles. The third-order valence-electron chi connectivity index (χ3n) is 0.714. The molecule has 0 saturated carbocycles. The van der Waals surface area contributed by atoms with Crippen LogP contribution < -0.4 is 0 Å². The fourth-order valence-corrected chi connectivity index (χ4v) is 0.249. The maximum absolute atomic E-state index is 10.2. The summed E-state index contributed by atoms with van der Waals surface area (Å²) in [6, 6.07) is 0. The number of ketones is 2. The molecule has 0 aliphatic carbocycles. The Bertz CT molecular complexity index is 98.6. The van der Waals surface area contributed by atoms with Gasteiger partial charge in [0.1, 0.15) is 0 Å². The first-order chi connectivity index (χ1) is 3.18. The molecule has 0 radical (unpaired) electrons. The van der Waals surface area contributed by atoms with Crippen molar-refractivity contribution < 1.29 is 9.59 Å². The van der Waals surface area contributed by atoms with Crippen molar-refractivity contribution in [3.63, 3.8) is 0 Å². The van der Waals surface area contributed by atoms with Gasteiger partial charge in [0.25, 0.3) is 0 Å². The largest absolute Gasteiger partial charge is 0.291 e. The number of carbonyl (C=O) groups is 2. The molecule has 0 rings (SSSR count). The van der Waals surface area contributed by atoms with Crippen LogP contribution >= 0.6 is 9.90 Å². The summed E-state index contributed by atoms with van der Waals surface area (Å²) in [5.41, 5.74) is 0. The number of rotatable bonds is 2. The van der Waals surface area contributed by atoms with Crippen LogP contribution in [-0.2, 0) is 9.59 Å². The van der Waals surface area contributed by atoms with Crippen LogP contribution in [0.5, 0.6) is 0 Å². The normalized spacial score (nSPS) is 7.25. The van der Waals surface area contributed by atoms with E-state index in [-0.39, 0.29) is 21.5 Å². The summed E-state index contributed by atoms with van der Waals surface area (Å²) in [4.78, 5) is 20.2. The second-order valence-electron chi connectivity index (χ2n) is 1.33. The monoisotopic (exact) mass is 134 g/mol. The van der Waals surface area contributed by atoms with Crippen LogP contribution in [0.4, 0.5) is 0 Å². The second kappa shape index (κ2) is 4.92. The molecule has 0 fully saturated rings. The molecule has 0 aromatic carbocycles. The molecular weight excluding hydrogens is 123 g/mol. The molecule has 8 heavy (non-hydrogen) atoms. The Morgan fingerprint density at radius 3 is 1.75 bits per heavy atom. The van der Waals surface area contributed by atoms with Crippen LogP contribution in [-0.4, -0.2) is 11.6 Å². The molecule has 1 unspecified atom stereocenters. The first-order valence-corrected chi connectivity index (χ1v) is 2.22. The van der Waals surface area contributed by atoms with E-state index in [0.717, 1.165) is 0 Å². The van der Waals surface area contributed by atoms with E-state index < -0.39 is 0 Å². The molecule has 0 N–H and O–H groups in total. The molecule has 0 amide bonds. The van der Waals surface area contributed by atoms with Crippen molar-refractivity contribution in [3.05, 3.63) is 0 Å². The summed E-state index contributed by atoms with van der Waals surface area (Å²) in [5.74, 6) is -0.637. The summed E-state index contributed by atoms with van der Waals surface area (Å²) in [6.45, 7) is 2.95. The molecular formula is C5H11O2P. The van der Waals surface area contributed by atoms with Gasteiger partial charge in [-0.25, -0.2) is 0 Å². The summed E-state index contributed by atoms with van der Waals surface area (Å²) in [7, 11) is 0. The standard InChI is InChI=1S/C5H8O2.H3P/c1-3-5(7)4(2)6;/h3H2,1-2H3;1H3. The highest BCUT2D eigenvalue weighted by Crippen LogP contribution is 1.79. The minimum Gasteiger partial charge on any atom is -0.291 e. The van der Waals surface area contributed by atoms with Gasteiger partial charge in [0.05, 0.1) is 0 Å². The number of Topliss-reactive ketones (excluding diaryl/α,β-unsaturated/α-hetero) is 2. The van der Waals surface area contributed by atoms with E-state index in [1.807, 2.05) is 0 Å². The molecule has 0 aliphatic rings. The van der Waals surface area contributed by atoms with Gasteiger partial charge in [-0.3, -0.25) is 9.59 Å². The van der Waals surface area contributed by atoms with Gasteiger partial charge in [-0.2, -0.15) is 9.90 Å². The fraction of sp³-hybridized carbons (Fsp3) is 0.600. The van der Waals surface area contributed by atoms with Gasteiger partial charge in [0.15, 0.2) is 11.6 Å². The summed E-state index contributed by atoms with van der Waals surface area (Å²) < 4.78 is 0. The Morgan fingerprint density at radius 1 is 1.38 bits per heavy atom. The molecule has 0 spiro atoms. The van der Waals surface area contributed by atoms with Crippen LogP contribution in [0.15, 0.2) is 0 Å². The van der Waals surface area contributed by atoms with Crippen LogP contribution in [0.2, 0.25) is 0 Å². The molecule has 0 bridgehead atoms. The molecule has 0 aromatic heterocycles. The maximum Gasteiger partial charge on any atom is 0.197 e. The third-order valence-corrected chi connectivity index (χ3v) is 0.714. The third kappa shape index (κ3) is 3.94. The lowest BCUT2D eigenvalue weighted by molar-refractivity contribution is -0.135. The van der Waals surface area contributed by atoms with Crippen LogP contribution in [0.25, 0.3) is 0 Å². The van der Waals surface area contributed by atoms with Gasteiger partial charge in [-0.15, -0.1) is 0 Å². The van der Waals surface area contributed by atoms with Crippen molar-refractivity contribution in [3.8, 4) is 0 Å². The van der Waals surface area contributed by atoms with Crippen molar-refractivity contribution in [2.75, 3.05) is 0 Å². The average molecular weight is 134 g/mol. The summed E-state index contributed by atoms with van der Waals surface area (Å²) in [5, 5.41) is 0. The van der Waals surface area contributed by atoms with Crippen LogP contribution in [0, 0.1) is 0 Å². The summed E-state index contributed by atoms with van der Waals surface area (Å²) >= 11 is 0. The number of carbonyl (C=O) groups excluding carboxylic acids is 2. The Hall–Kier alpha value is -0.230. The quantitative estimate of drug-likeness (QED) is 0.409. The first-order valence-electron chi connectivity index (χ1n) is 2.22. The van der Waals surface area contributed by atoms with Crippen molar-refractivity contribution >= 4 is 21.5 Å². The van der Waals surface area contributed by atoms with E-state index in [2.05, 4.69) is 0 Å². The van der Waals surface area contributed by atoms with E-state index in [0.29, 0.717) is 6.42 Å². The van der Waals surface area contributed by atoms with Gasteiger partial charge >= 0.3 is 0 Å². The molecule has 48 valence electrons. The van der Waals surface area contributed by atoms with Gasteiger partial charge in [-0.05, 0) is 0 Å². The minimum atomic E-state index is -0.345. The Kier molecular flexibility index (Phi) is 6.58. The first kappa shape index (κ1) is 10.7.